The normalized spacial score (nSPS) is 10.5. The zero-order valence-corrected chi connectivity index (χ0v) is 17.7. The van der Waals surface area contributed by atoms with E-state index in [2.05, 4.69) is 10.6 Å². The number of hydrogen-bond donors (Lipinski definition) is 2. The van der Waals surface area contributed by atoms with Crippen LogP contribution >= 0.6 is 11.8 Å². The summed E-state index contributed by atoms with van der Waals surface area (Å²) in [5, 5.41) is 5.75. The van der Waals surface area contributed by atoms with Gasteiger partial charge in [-0.1, -0.05) is 37.3 Å². The lowest BCUT2D eigenvalue weighted by Crippen LogP contribution is -2.17. The molecular weight excluding hydrogens is 399 g/mol. The van der Waals surface area contributed by atoms with Gasteiger partial charge >= 0.3 is 0 Å². The lowest BCUT2D eigenvalue weighted by molar-refractivity contribution is -0.113. The van der Waals surface area contributed by atoms with Crippen molar-refractivity contribution in [1.29, 1.82) is 0 Å². The van der Waals surface area contributed by atoms with E-state index < -0.39 is 0 Å². The topological polar surface area (TPSA) is 58.2 Å². The second-order valence-corrected chi connectivity index (χ2v) is 7.77. The number of amides is 2. The van der Waals surface area contributed by atoms with E-state index in [1.165, 1.54) is 36.0 Å². The van der Waals surface area contributed by atoms with Gasteiger partial charge in [-0.2, -0.15) is 0 Å². The molecule has 2 N–H and O–H groups in total. The van der Waals surface area contributed by atoms with E-state index in [0.717, 1.165) is 28.1 Å². The van der Waals surface area contributed by atoms with Crippen LogP contribution in [0.15, 0.2) is 71.6 Å². The molecule has 0 bridgehead atoms. The molecule has 3 aromatic rings. The van der Waals surface area contributed by atoms with E-state index in [0.29, 0.717) is 11.3 Å². The molecule has 30 heavy (non-hydrogen) atoms. The molecule has 0 unspecified atom stereocenters. The first kappa shape index (κ1) is 21.6. The van der Waals surface area contributed by atoms with Crippen molar-refractivity contribution in [3.05, 3.63) is 89.2 Å². The number of benzene rings is 3. The van der Waals surface area contributed by atoms with E-state index in [1.54, 1.807) is 12.1 Å². The number of halogens is 1. The molecule has 0 aliphatic heterocycles. The molecule has 0 atom stereocenters. The van der Waals surface area contributed by atoms with Crippen LogP contribution in [0.1, 0.15) is 28.4 Å². The van der Waals surface area contributed by atoms with Crippen molar-refractivity contribution in [1.82, 2.24) is 0 Å². The third-order valence-corrected chi connectivity index (χ3v) is 5.67. The minimum atomic E-state index is -0.359. The molecule has 4 nitrogen and oxygen atoms in total. The molecule has 154 valence electrons. The molecular formula is C24H23FN2O2S. The molecule has 0 aliphatic rings. The van der Waals surface area contributed by atoms with E-state index in [9.17, 15) is 14.0 Å². The monoisotopic (exact) mass is 422 g/mol. The number of hydrogen-bond acceptors (Lipinski definition) is 3. The zero-order chi connectivity index (χ0) is 21.5. The van der Waals surface area contributed by atoms with Crippen molar-refractivity contribution in [3.63, 3.8) is 0 Å². The van der Waals surface area contributed by atoms with Crippen LogP contribution in [0.2, 0.25) is 0 Å². The molecule has 0 radical (unpaired) electrons. The highest BCUT2D eigenvalue weighted by Gasteiger charge is 2.15. The first-order valence-electron chi connectivity index (χ1n) is 9.65. The quantitative estimate of drug-likeness (QED) is 0.482. The van der Waals surface area contributed by atoms with Crippen molar-refractivity contribution in [3.8, 4) is 0 Å². The van der Waals surface area contributed by atoms with Gasteiger partial charge in [0, 0.05) is 16.3 Å². The fourth-order valence-electron chi connectivity index (χ4n) is 3.04. The third-order valence-electron chi connectivity index (χ3n) is 4.60. The Morgan fingerprint density at radius 3 is 2.40 bits per heavy atom. The summed E-state index contributed by atoms with van der Waals surface area (Å²) in [4.78, 5) is 25.9. The van der Waals surface area contributed by atoms with E-state index in [-0.39, 0.29) is 23.4 Å². The lowest BCUT2D eigenvalue weighted by atomic mass is 10.1. The Kier molecular flexibility index (Phi) is 7.25. The van der Waals surface area contributed by atoms with Crippen LogP contribution in [0.4, 0.5) is 15.8 Å². The van der Waals surface area contributed by atoms with Gasteiger partial charge in [0.05, 0.1) is 11.3 Å². The van der Waals surface area contributed by atoms with Gasteiger partial charge in [-0.15, -0.1) is 11.8 Å². The van der Waals surface area contributed by atoms with Crippen LogP contribution in [-0.4, -0.2) is 17.6 Å². The number of aryl methyl sites for hydroxylation is 2. The Hall–Kier alpha value is -3.12. The van der Waals surface area contributed by atoms with E-state index in [4.69, 9.17) is 0 Å². The molecule has 3 aromatic carbocycles. The van der Waals surface area contributed by atoms with Crippen LogP contribution in [0.5, 0.6) is 0 Å². The number of thioether (sulfide) groups is 1. The summed E-state index contributed by atoms with van der Waals surface area (Å²) in [7, 11) is 0. The predicted molar refractivity (Wildman–Crippen MR) is 121 cm³/mol. The van der Waals surface area contributed by atoms with Crippen molar-refractivity contribution < 1.29 is 14.0 Å². The molecule has 0 saturated carbocycles. The lowest BCUT2D eigenvalue weighted by Gasteiger charge is -2.14. The highest BCUT2D eigenvalue weighted by Crippen LogP contribution is 2.26. The molecule has 0 aromatic heterocycles. The average molecular weight is 423 g/mol. The van der Waals surface area contributed by atoms with Crippen molar-refractivity contribution >= 4 is 35.0 Å². The maximum atomic E-state index is 13.0. The Morgan fingerprint density at radius 1 is 0.933 bits per heavy atom. The van der Waals surface area contributed by atoms with Crippen LogP contribution < -0.4 is 10.6 Å². The van der Waals surface area contributed by atoms with E-state index in [1.807, 2.05) is 44.2 Å². The summed E-state index contributed by atoms with van der Waals surface area (Å²) in [5.74, 6) is -0.663. The molecule has 0 aliphatic carbocycles. The fourth-order valence-corrected chi connectivity index (χ4v) is 3.89. The minimum Gasteiger partial charge on any atom is -0.325 e. The van der Waals surface area contributed by atoms with Crippen LogP contribution in [0.3, 0.4) is 0 Å². The van der Waals surface area contributed by atoms with Gasteiger partial charge in [-0.3, -0.25) is 9.59 Å². The van der Waals surface area contributed by atoms with Gasteiger partial charge in [0.1, 0.15) is 5.82 Å². The molecule has 6 heteroatoms. The highest BCUT2D eigenvalue weighted by molar-refractivity contribution is 8.00. The second-order valence-electron chi connectivity index (χ2n) is 6.76. The second kappa shape index (κ2) is 10.1. The summed E-state index contributed by atoms with van der Waals surface area (Å²) in [6, 6.07) is 18.8. The Morgan fingerprint density at radius 2 is 1.67 bits per heavy atom. The number of nitrogens with one attached hydrogen (secondary N) is 2. The fraction of sp³-hybridized carbons (Fsp3) is 0.167. The average Bonchev–Trinajstić information content (AvgIpc) is 2.75. The molecule has 0 heterocycles. The van der Waals surface area contributed by atoms with Crippen molar-refractivity contribution in [2.45, 2.75) is 25.2 Å². The Labute approximate surface area is 179 Å². The molecule has 0 saturated heterocycles. The number of carbonyl (C=O) groups excluding carboxylic acids is 2. The third kappa shape index (κ3) is 5.48. The number of para-hydroxylation sites is 1. The van der Waals surface area contributed by atoms with Gasteiger partial charge in [0.2, 0.25) is 5.91 Å². The predicted octanol–water partition coefficient (Wildman–Crippen LogP) is 5.68. The van der Waals surface area contributed by atoms with Gasteiger partial charge in [0.15, 0.2) is 0 Å². The van der Waals surface area contributed by atoms with Gasteiger partial charge < -0.3 is 10.6 Å². The largest absolute Gasteiger partial charge is 0.325 e. The summed E-state index contributed by atoms with van der Waals surface area (Å²) in [6.45, 7) is 4.02. The number of rotatable bonds is 7. The molecule has 0 fully saturated rings. The number of carbonyl (C=O) groups is 2. The molecule has 3 rings (SSSR count). The summed E-state index contributed by atoms with van der Waals surface area (Å²) < 4.78 is 13.0. The maximum absolute atomic E-state index is 13.0. The number of anilines is 2. The van der Waals surface area contributed by atoms with Gasteiger partial charge in [-0.25, -0.2) is 4.39 Å². The van der Waals surface area contributed by atoms with Crippen LogP contribution in [-0.2, 0) is 11.2 Å². The Balaban J connectivity index is 1.69. The standard InChI is InChI=1S/C24H23FN2O2S/c1-3-17-8-6-7-16(2)23(17)27-24(29)20-9-4-5-10-21(20)30-15-22(28)26-19-13-11-18(25)12-14-19/h4-14H,3,15H2,1-2H3,(H,26,28)(H,27,29). The summed E-state index contributed by atoms with van der Waals surface area (Å²) in [6.07, 6.45) is 0.817. The minimum absolute atomic E-state index is 0.131. The first-order valence-corrected chi connectivity index (χ1v) is 10.6. The summed E-state index contributed by atoms with van der Waals surface area (Å²) >= 11 is 1.28. The zero-order valence-electron chi connectivity index (χ0n) is 16.9. The smallest absolute Gasteiger partial charge is 0.256 e. The molecule has 0 spiro atoms. The molecule has 2 amide bonds. The van der Waals surface area contributed by atoms with Gasteiger partial charge in [0.25, 0.3) is 5.91 Å². The van der Waals surface area contributed by atoms with Crippen LogP contribution in [0.25, 0.3) is 0 Å². The highest BCUT2D eigenvalue weighted by atomic mass is 32.2. The van der Waals surface area contributed by atoms with E-state index >= 15 is 0 Å². The SMILES string of the molecule is CCc1cccc(C)c1NC(=O)c1ccccc1SCC(=O)Nc1ccc(F)cc1. The van der Waals surface area contributed by atoms with Gasteiger partial charge in [-0.05, 0) is 60.9 Å². The van der Waals surface area contributed by atoms with Crippen molar-refractivity contribution in [2.75, 3.05) is 16.4 Å². The maximum Gasteiger partial charge on any atom is 0.256 e. The van der Waals surface area contributed by atoms with Crippen molar-refractivity contribution in [2.24, 2.45) is 0 Å². The Bertz CT molecular complexity index is 1050. The summed E-state index contributed by atoms with van der Waals surface area (Å²) in [5.41, 5.74) is 3.96. The van der Waals surface area contributed by atoms with Crippen LogP contribution in [0, 0.1) is 12.7 Å². The first-order chi connectivity index (χ1) is 14.5.